The van der Waals surface area contributed by atoms with Gasteiger partial charge in [0, 0.05) is 18.2 Å². The van der Waals surface area contributed by atoms with Crippen molar-refractivity contribution in [2.45, 2.75) is 70.1 Å². The molecule has 15 nitrogen and oxygen atoms in total. The molecule has 0 unspecified atom stereocenters. The number of nitrogens with zero attached hydrogens (tertiary/aromatic N) is 3. The summed E-state index contributed by atoms with van der Waals surface area (Å²) in [5.74, 6) is -2.55. The highest BCUT2D eigenvalue weighted by Gasteiger charge is 2.59. The van der Waals surface area contributed by atoms with Crippen LogP contribution < -0.4 is 26.8 Å². The number of rotatable bonds is 14. The monoisotopic (exact) mass is 626 g/mol. The first-order valence-electron chi connectivity index (χ1n) is 14.3. The van der Waals surface area contributed by atoms with E-state index < -0.39 is 47.6 Å². The number of benzene rings is 2. The van der Waals surface area contributed by atoms with Crippen LogP contribution in [-0.2, 0) is 26.0 Å². The molecule has 0 aromatic heterocycles. The van der Waals surface area contributed by atoms with Gasteiger partial charge in [0.25, 0.3) is 5.91 Å². The predicted octanol–water partition coefficient (Wildman–Crippen LogP) is 0.597. The Morgan fingerprint density at radius 1 is 1.02 bits per heavy atom. The number of hydrogen-bond acceptors (Lipinski definition) is 8. The van der Waals surface area contributed by atoms with Crippen LogP contribution in [0, 0.1) is 5.21 Å². The van der Waals surface area contributed by atoms with Crippen molar-refractivity contribution in [3.8, 4) is 11.5 Å². The first kappa shape index (κ1) is 34.4. The number of amides is 2. The molecule has 0 aliphatic carbocycles. The van der Waals surface area contributed by atoms with Crippen molar-refractivity contribution in [3.05, 3.63) is 64.9 Å². The summed E-state index contributed by atoms with van der Waals surface area (Å²) < 4.78 is 6.26. The number of phenolic OH excluding ortho intramolecular Hbond substituents is 1. The van der Waals surface area contributed by atoms with Gasteiger partial charge in [-0.2, -0.15) is 0 Å². The number of hydroxylamine groups is 3. The highest BCUT2D eigenvalue weighted by atomic mass is 16.5. The van der Waals surface area contributed by atoms with E-state index in [1.54, 1.807) is 27.7 Å². The lowest BCUT2D eigenvalue weighted by Crippen LogP contribution is -2.53. The molecule has 1 radical (unpaired) electrons. The van der Waals surface area contributed by atoms with Gasteiger partial charge >= 0.3 is 11.8 Å². The fraction of sp³-hybridized carbons (Fsp3) is 0.433. The third kappa shape index (κ3) is 8.32. The molecule has 2 atom stereocenters. The molecule has 8 N–H and O–H groups in total. The number of carbonyl (C=O) groups is 3. The van der Waals surface area contributed by atoms with Crippen LogP contribution in [0.25, 0.3) is 0 Å². The van der Waals surface area contributed by atoms with E-state index >= 15 is 0 Å². The van der Waals surface area contributed by atoms with Crippen LogP contribution in [0.15, 0.2) is 53.5 Å². The molecule has 0 saturated heterocycles. The van der Waals surface area contributed by atoms with Crippen LogP contribution >= 0.6 is 0 Å². The van der Waals surface area contributed by atoms with E-state index in [1.807, 2.05) is 0 Å². The van der Waals surface area contributed by atoms with Crippen molar-refractivity contribution in [2.24, 2.45) is 16.5 Å². The molecule has 2 aromatic rings. The zero-order chi connectivity index (χ0) is 33.5. The second-order valence-electron chi connectivity index (χ2n) is 11.7. The van der Waals surface area contributed by atoms with Crippen LogP contribution in [0.5, 0.6) is 11.5 Å². The van der Waals surface area contributed by atoms with Gasteiger partial charge in [0.15, 0.2) is 18.1 Å². The minimum Gasteiger partial charge on any atom is -0.714 e. The van der Waals surface area contributed by atoms with E-state index in [0.717, 1.165) is 0 Å². The molecule has 1 aliphatic heterocycles. The van der Waals surface area contributed by atoms with E-state index in [2.05, 4.69) is 15.6 Å². The molecule has 0 saturated carbocycles. The fourth-order valence-electron chi connectivity index (χ4n) is 4.54. The van der Waals surface area contributed by atoms with E-state index in [4.69, 9.17) is 16.2 Å². The maximum atomic E-state index is 13.1. The molecule has 45 heavy (non-hydrogen) atoms. The Hall–Kier alpha value is -5.05. The van der Waals surface area contributed by atoms with Crippen molar-refractivity contribution in [2.75, 3.05) is 13.2 Å². The van der Waals surface area contributed by atoms with Crippen molar-refractivity contribution in [3.63, 3.8) is 0 Å². The van der Waals surface area contributed by atoms with Gasteiger partial charge in [0.05, 0.1) is 5.56 Å². The topological polar surface area (TPSA) is 239 Å². The fourth-order valence-corrected chi connectivity index (χ4v) is 4.54. The average molecular weight is 627 g/mol. The van der Waals surface area contributed by atoms with Crippen LogP contribution in [0.3, 0.4) is 0 Å². The molecule has 3 rings (SSSR count). The highest BCUT2D eigenvalue weighted by molar-refractivity contribution is 5.96. The lowest BCUT2D eigenvalue weighted by molar-refractivity contribution is -0.539. The third-order valence-electron chi connectivity index (χ3n) is 7.97. The molecule has 0 fully saturated rings. The van der Waals surface area contributed by atoms with E-state index in [9.17, 15) is 35.0 Å². The zero-order valence-corrected chi connectivity index (χ0v) is 25.6. The summed E-state index contributed by atoms with van der Waals surface area (Å²) in [6, 6.07) is 9.55. The Morgan fingerprint density at radius 3 is 2.18 bits per heavy atom. The number of carboxylic acid groups (broad SMARTS) is 1. The lowest BCUT2D eigenvalue weighted by Gasteiger charge is -2.32. The number of aromatic hydroxyl groups is 1. The van der Waals surface area contributed by atoms with Gasteiger partial charge < -0.3 is 42.3 Å². The number of nitrogens with one attached hydrogen (secondary N) is 2. The molecule has 15 heteroatoms. The summed E-state index contributed by atoms with van der Waals surface area (Å²) in [6.45, 7) is 6.47. The number of hydrogen-bond donors (Lipinski definition) is 6. The number of guanidine groups is 1. The summed E-state index contributed by atoms with van der Waals surface area (Å²) >= 11 is 0. The number of phenols is 1. The smallest absolute Gasteiger partial charge is 0.326 e. The first-order chi connectivity index (χ1) is 21.0. The number of carboxylic acids is 1. The van der Waals surface area contributed by atoms with Crippen molar-refractivity contribution in [1.82, 2.24) is 15.7 Å². The molecule has 2 aromatic carbocycles. The molecule has 243 valence electrons. The molecule has 2 amide bonds. The Balaban J connectivity index is 1.65. The number of ether oxygens (including phenoxy) is 1. The Bertz CT molecular complexity index is 1440. The van der Waals surface area contributed by atoms with Crippen LogP contribution in [0.4, 0.5) is 0 Å². The van der Waals surface area contributed by atoms with Crippen LogP contribution in [0.2, 0.25) is 0 Å². The Labute approximate surface area is 260 Å². The summed E-state index contributed by atoms with van der Waals surface area (Å²) in [4.78, 5) is 41.7. The molecular formula is C30H40N7O8. The minimum atomic E-state index is -1.31. The molecule has 0 spiro atoms. The van der Waals surface area contributed by atoms with E-state index in [0.29, 0.717) is 27.3 Å². The first-order valence-corrected chi connectivity index (χ1v) is 14.3. The quantitative estimate of drug-likeness (QED) is 0.0561. The second kappa shape index (κ2) is 14.2. The number of aliphatic carboxylic acids is 1. The SMILES string of the molecule is CC1(C)N([O])C(c2ccc(OCC(=O)N[C@@H](CCCN=C(N)N)C(=O)N[C@@H](Cc3ccc(O)cc3)C(=O)O)cc2)=[N+]([O-])C1(C)C. The standard InChI is InChI=1S/C30H40N7O8/c1-29(2)30(3,4)37(44)26(36(29)43)19-9-13-21(14-10-19)45-17-24(39)34-22(6-5-15-33-28(31)32)25(40)35-23(27(41)42)16-18-7-11-20(38)12-8-18/h7-14,22-23,38H,5-6,15-17H2,1-4H3,(H,34,39)(H,35,40)(H,41,42)(H4,31,32,33)/t22-,23-/m0/s1. The maximum Gasteiger partial charge on any atom is 0.326 e. The van der Waals surface area contributed by atoms with Gasteiger partial charge in [-0.05, 0) is 82.5 Å². The second-order valence-corrected chi connectivity index (χ2v) is 11.7. The van der Waals surface area contributed by atoms with Gasteiger partial charge in [0.2, 0.25) is 5.91 Å². The van der Waals surface area contributed by atoms with Gasteiger partial charge in [0.1, 0.15) is 29.1 Å². The largest absolute Gasteiger partial charge is 0.714 e. The van der Waals surface area contributed by atoms with Gasteiger partial charge in [-0.15, -0.1) is 0 Å². The van der Waals surface area contributed by atoms with Crippen molar-refractivity contribution < 1.29 is 39.3 Å². The lowest BCUT2D eigenvalue weighted by atomic mass is 9.84. The highest BCUT2D eigenvalue weighted by Crippen LogP contribution is 2.37. The molecule has 1 heterocycles. The number of nitrogens with two attached hydrogens (primary N) is 2. The predicted molar refractivity (Wildman–Crippen MR) is 164 cm³/mol. The minimum absolute atomic E-state index is 0.0142. The summed E-state index contributed by atoms with van der Waals surface area (Å²) in [6.07, 6.45) is 0.336. The molecule has 0 bridgehead atoms. The van der Waals surface area contributed by atoms with Gasteiger partial charge in [-0.3, -0.25) is 19.3 Å². The van der Waals surface area contributed by atoms with Crippen LogP contribution in [-0.4, -0.2) is 85.9 Å². The van der Waals surface area contributed by atoms with Crippen molar-refractivity contribution in [1.29, 1.82) is 0 Å². The number of aliphatic imine (C=N–C) groups is 1. The van der Waals surface area contributed by atoms with Crippen molar-refractivity contribution >= 4 is 29.6 Å². The zero-order valence-electron chi connectivity index (χ0n) is 25.6. The number of carbonyl (C=O) groups excluding carboxylic acids is 2. The Morgan fingerprint density at radius 2 is 1.64 bits per heavy atom. The number of amidine groups is 1. The molecular weight excluding hydrogens is 586 g/mol. The normalized spacial score (nSPS) is 16.4. The summed E-state index contributed by atoms with van der Waals surface area (Å²) in [7, 11) is 0. The third-order valence-corrected chi connectivity index (χ3v) is 7.97. The summed E-state index contributed by atoms with van der Waals surface area (Å²) in [5, 5.41) is 50.7. The van der Waals surface area contributed by atoms with Crippen LogP contribution in [0.1, 0.15) is 51.7 Å². The van der Waals surface area contributed by atoms with E-state index in [1.165, 1.54) is 48.5 Å². The van der Waals surface area contributed by atoms with Gasteiger partial charge in [-0.25, -0.2) is 4.79 Å². The summed E-state index contributed by atoms with van der Waals surface area (Å²) in [5.41, 5.74) is 9.71. The average Bonchev–Trinajstić information content (AvgIpc) is 3.09. The molecule has 1 aliphatic rings. The maximum absolute atomic E-state index is 13.1. The van der Waals surface area contributed by atoms with Gasteiger partial charge in [-0.1, -0.05) is 17.2 Å². The van der Waals surface area contributed by atoms with E-state index in [-0.39, 0.29) is 42.7 Å². The Kier molecular flexibility index (Phi) is 10.8.